The van der Waals surface area contributed by atoms with Crippen LogP contribution in [0.1, 0.15) is 37.0 Å². The molecule has 0 aromatic carbocycles. The summed E-state index contributed by atoms with van der Waals surface area (Å²) in [6.07, 6.45) is 1.65. The molecule has 0 aliphatic heterocycles. The Balaban J connectivity index is 1.81. The summed E-state index contributed by atoms with van der Waals surface area (Å²) in [7, 11) is 1.72. The van der Waals surface area contributed by atoms with Gasteiger partial charge in [-0.05, 0) is 18.1 Å². The molecule has 0 saturated carbocycles. The van der Waals surface area contributed by atoms with Crippen molar-refractivity contribution < 1.29 is 8.94 Å². The highest BCUT2D eigenvalue weighted by atomic mass is 16.5. The van der Waals surface area contributed by atoms with Gasteiger partial charge in [-0.25, -0.2) is 0 Å². The third-order valence-corrected chi connectivity index (χ3v) is 2.83. The van der Waals surface area contributed by atoms with Gasteiger partial charge in [0.15, 0.2) is 11.7 Å². The third-order valence-electron chi connectivity index (χ3n) is 2.83. The molecule has 20 heavy (non-hydrogen) atoms. The largest absolute Gasteiger partial charge is 0.467 e. The maximum absolute atomic E-state index is 5.26. The average molecular weight is 276 g/mol. The van der Waals surface area contributed by atoms with Crippen LogP contribution in [0.15, 0.2) is 38.4 Å². The quantitative estimate of drug-likeness (QED) is 0.647. The van der Waals surface area contributed by atoms with Gasteiger partial charge in [-0.2, -0.15) is 0 Å². The van der Waals surface area contributed by atoms with Gasteiger partial charge in [0.05, 0.1) is 25.0 Å². The Morgan fingerprint density at radius 1 is 1.30 bits per heavy atom. The highest BCUT2D eigenvalue weighted by molar-refractivity contribution is 5.79. The van der Waals surface area contributed by atoms with E-state index in [2.05, 4.69) is 34.6 Å². The molecule has 6 nitrogen and oxygen atoms in total. The fraction of sp³-hybridized carbons (Fsp3) is 0.429. The first-order chi connectivity index (χ1) is 9.69. The molecule has 0 unspecified atom stereocenters. The fourth-order valence-corrected chi connectivity index (χ4v) is 1.66. The standard InChI is InChI=1S/C14H20N4O2/c1-10(2)13-7-12(20-18-13)9-17-14(15-3)16-8-11-5-4-6-19-11/h4-7,10H,8-9H2,1-3H3,(H2,15,16,17). The number of nitrogens with zero attached hydrogens (tertiary/aromatic N) is 2. The minimum atomic E-state index is 0.365. The van der Waals surface area contributed by atoms with Crippen LogP contribution in [0.5, 0.6) is 0 Å². The van der Waals surface area contributed by atoms with E-state index in [1.165, 1.54) is 0 Å². The lowest BCUT2D eigenvalue weighted by molar-refractivity contribution is 0.372. The van der Waals surface area contributed by atoms with Crippen LogP contribution < -0.4 is 10.6 Å². The number of hydrogen-bond donors (Lipinski definition) is 2. The second-order valence-electron chi connectivity index (χ2n) is 4.73. The van der Waals surface area contributed by atoms with Crippen molar-refractivity contribution in [3.63, 3.8) is 0 Å². The van der Waals surface area contributed by atoms with Gasteiger partial charge in [0.1, 0.15) is 5.76 Å². The number of nitrogens with one attached hydrogen (secondary N) is 2. The van der Waals surface area contributed by atoms with Crippen molar-refractivity contribution in [2.45, 2.75) is 32.9 Å². The number of aromatic nitrogens is 1. The first kappa shape index (κ1) is 14.2. The van der Waals surface area contributed by atoms with Crippen molar-refractivity contribution in [2.75, 3.05) is 7.05 Å². The topological polar surface area (TPSA) is 75.6 Å². The van der Waals surface area contributed by atoms with E-state index in [4.69, 9.17) is 8.94 Å². The van der Waals surface area contributed by atoms with Crippen molar-refractivity contribution in [3.05, 3.63) is 41.7 Å². The molecule has 0 spiro atoms. The Morgan fingerprint density at radius 3 is 2.60 bits per heavy atom. The maximum Gasteiger partial charge on any atom is 0.191 e. The Labute approximate surface area is 118 Å². The smallest absolute Gasteiger partial charge is 0.191 e. The van der Waals surface area contributed by atoms with E-state index in [1.54, 1.807) is 13.3 Å². The lowest BCUT2D eigenvalue weighted by atomic mass is 10.1. The van der Waals surface area contributed by atoms with Gasteiger partial charge < -0.3 is 19.6 Å². The van der Waals surface area contributed by atoms with Crippen LogP contribution >= 0.6 is 0 Å². The average Bonchev–Trinajstić information content (AvgIpc) is 3.10. The monoisotopic (exact) mass is 276 g/mol. The Kier molecular flexibility index (Phi) is 4.81. The number of guanidine groups is 1. The molecule has 0 radical (unpaired) electrons. The van der Waals surface area contributed by atoms with Crippen molar-refractivity contribution in [2.24, 2.45) is 4.99 Å². The summed E-state index contributed by atoms with van der Waals surface area (Å²) in [6, 6.07) is 5.72. The number of rotatable bonds is 5. The molecular formula is C14H20N4O2. The molecule has 0 fully saturated rings. The van der Waals surface area contributed by atoms with Crippen LogP contribution in [0.3, 0.4) is 0 Å². The van der Waals surface area contributed by atoms with Gasteiger partial charge in [0.2, 0.25) is 0 Å². The summed E-state index contributed by atoms with van der Waals surface area (Å²) >= 11 is 0. The molecule has 0 bridgehead atoms. The molecule has 0 aliphatic carbocycles. The Bertz CT molecular complexity index is 543. The number of furan rings is 1. The SMILES string of the molecule is CN=C(NCc1ccco1)NCc1cc(C(C)C)no1. The fourth-order valence-electron chi connectivity index (χ4n) is 1.66. The highest BCUT2D eigenvalue weighted by Crippen LogP contribution is 2.13. The molecule has 108 valence electrons. The van der Waals surface area contributed by atoms with E-state index < -0.39 is 0 Å². The number of aliphatic imine (C=N–C) groups is 1. The van der Waals surface area contributed by atoms with E-state index >= 15 is 0 Å². The van der Waals surface area contributed by atoms with Crippen LogP contribution in [-0.2, 0) is 13.1 Å². The molecule has 2 N–H and O–H groups in total. The minimum Gasteiger partial charge on any atom is -0.467 e. The van der Waals surface area contributed by atoms with E-state index in [0.717, 1.165) is 17.2 Å². The molecule has 0 saturated heterocycles. The molecule has 0 aliphatic rings. The van der Waals surface area contributed by atoms with E-state index in [1.807, 2.05) is 18.2 Å². The molecule has 2 aromatic rings. The zero-order valence-electron chi connectivity index (χ0n) is 12.0. The van der Waals surface area contributed by atoms with Crippen LogP contribution in [0.4, 0.5) is 0 Å². The lowest BCUT2D eigenvalue weighted by Crippen LogP contribution is -2.36. The van der Waals surface area contributed by atoms with Crippen molar-refractivity contribution in [1.29, 1.82) is 0 Å². The predicted octanol–water partition coefficient (Wildman–Crippen LogP) is 2.26. The van der Waals surface area contributed by atoms with Gasteiger partial charge in [0, 0.05) is 13.1 Å². The molecule has 6 heteroatoms. The molecule has 2 aromatic heterocycles. The number of hydrogen-bond acceptors (Lipinski definition) is 4. The summed E-state index contributed by atoms with van der Waals surface area (Å²) in [5.41, 5.74) is 0.959. The van der Waals surface area contributed by atoms with E-state index in [0.29, 0.717) is 25.0 Å². The van der Waals surface area contributed by atoms with Gasteiger partial charge in [-0.15, -0.1) is 0 Å². The summed E-state index contributed by atoms with van der Waals surface area (Å²) in [5, 5.41) is 10.3. The zero-order valence-corrected chi connectivity index (χ0v) is 12.0. The highest BCUT2D eigenvalue weighted by Gasteiger charge is 2.08. The summed E-state index contributed by atoms with van der Waals surface area (Å²) < 4.78 is 10.5. The van der Waals surface area contributed by atoms with Gasteiger partial charge >= 0.3 is 0 Å². The minimum absolute atomic E-state index is 0.365. The van der Waals surface area contributed by atoms with Crippen molar-refractivity contribution >= 4 is 5.96 Å². The molecular weight excluding hydrogens is 256 g/mol. The van der Waals surface area contributed by atoms with Crippen LogP contribution in [0.2, 0.25) is 0 Å². The van der Waals surface area contributed by atoms with E-state index in [-0.39, 0.29) is 0 Å². The second kappa shape index (κ2) is 6.79. The van der Waals surface area contributed by atoms with Gasteiger partial charge in [-0.3, -0.25) is 4.99 Å². The van der Waals surface area contributed by atoms with E-state index in [9.17, 15) is 0 Å². The normalized spacial score (nSPS) is 11.9. The third kappa shape index (κ3) is 3.88. The molecule has 2 heterocycles. The Hall–Kier alpha value is -2.24. The summed E-state index contributed by atoms with van der Waals surface area (Å²) in [5.74, 6) is 2.69. The Morgan fingerprint density at radius 2 is 2.05 bits per heavy atom. The first-order valence-corrected chi connectivity index (χ1v) is 6.61. The van der Waals surface area contributed by atoms with Crippen LogP contribution in [-0.4, -0.2) is 18.2 Å². The lowest BCUT2D eigenvalue weighted by Gasteiger charge is -2.09. The first-order valence-electron chi connectivity index (χ1n) is 6.61. The van der Waals surface area contributed by atoms with Crippen LogP contribution in [0.25, 0.3) is 0 Å². The summed E-state index contributed by atoms with van der Waals surface area (Å²) in [6.45, 7) is 5.29. The van der Waals surface area contributed by atoms with Gasteiger partial charge in [0.25, 0.3) is 0 Å². The van der Waals surface area contributed by atoms with Crippen molar-refractivity contribution in [1.82, 2.24) is 15.8 Å². The molecule has 2 rings (SSSR count). The second-order valence-corrected chi connectivity index (χ2v) is 4.73. The van der Waals surface area contributed by atoms with Crippen molar-refractivity contribution in [3.8, 4) is 0 Å². The summed E-state index contributed by atoms with van der Waals surface area (Å²) in [4.78, 5) is 4.14. The maximum atomic E-state index is 5.26. The van der Waals surface area contributed by atoms with Gasteiger partial charge in [-0.1, -0.05) is 19.0 Å². The molecule has 0 amide bonds. The predicted molar refractivity (Wildman–Crippen MR) is 76.3 cm³/mol. The van der Waals surface area contributed by atoms with Crippen LogP contribution in [0, 0.1) is 0 Å². The zero-order chi connectivity index (χ0) is 14.4. The molecule has 0 atom stereocenters.